The van der Waals surface area contributed by atoms with E-state index in [0.717, 1.165) is 19.3 Å². The zero-order valence-corrected chi connectivity index (χ0v) is 11.0. The van der Waals surface area contributed by atoms with Crippen LogP contribution in [-0.4, -0.2) is 45.7 Å². The van der Waals surface area contributed by atoms with E-state index in [9.17, 15) is 9.59 Å². The van der Waals surface area contributed by atoms with Crippen molar-refractivity contribution in [2.45, 2.75) is 44.1 Å². The van der Waals surface area contributed by atoms with Crippen LogP contribution in [0.25, 0.3) is 0 Å². The second kappa shape index (κ2) is 4.47. The maximum absolute atomic E-state index is 11.0. The summed E-state index contributed by atoms with van der Waals surface area (Å²) in [7, 11) is 0. The second-order valence-electron chi connectivity index (χ2n) is 6.79. The number of carbonyl (C=O) groups is 2. The van der Waals surface area contributed by atoms with Crippen LogP contribution in [0.15, 0.2) is 0 Å². The van der Waals surface area contributed by atoms with Crippen molar-refractivity contribution < 1.29 is 19.8 Å². The van der Waals surface area contributed by atoms with Gasteiger partial charge in [0.15, 0.2) is 0 Å². The molecule has 4 rings (SSSR count). The molecule has 4 aliphatic rings. The third kappa shape index (κ3) is 2.36. The summed E-state index contributed by atoms with van der Waals surface area (Å²) >= 11 is 0. The van der Waals surface area contributed by atoms with Gasteiger partial charge in [-0.25, -0.2) is 0 Å². The number of hydrogen-bond donors (Lipinski definition) is 2. The summed E-state index contributed by atoms with van der Waals surface area (Å²) in [5, 5.41) is 18.1. The van der Waals surface area contributed by atoms with Crippen LogP contribution < -0.4 is 0 Å². The fourth-order valence-electron chi connectivity index (χ4n) is 5.17. The lowest BCUT2D eigenvalue weighted by molar-refractivity contribution is -0.152. The normalized spacial score (nSPS) is 39.7. The highest BCUT2D eigenvalue weighted by atomic mass is 16.4. The van der Waals surface area contributed by atoms with Gasteiger partial charge in [0.2, 0.25) is 0 Å². The maximum Gasteiger partial charge on any atom is 0.317 e. The van der Waals surface area contributed by atoms with Gasteiger partial charge >= 0.3 is 11.9 Å². The average Bonchev–Trinajstić information content (AvgIpc) is 2.24. The van der Waals surface area contributed by atoms with Gasteiger partial charge in [-0.15, -0.1) is 0 Å². The Morgan fingerprint density at radius 2 is 1.26 bits per heavy atom. The Morgan fingerprint density at radius 3 is 1.58 bits per heavy atom. The van der Waals surface area contributed by atoms with Crippen molar-refractivity contribution >= 4 is 11.9 Å². The Morgan fingerprint density at radius 1 is 0.895 bits per heavy atom. The van der Waals surface area contributed by atoms with E-state index in [2.05, 4.69) is 0 Å². The first kappa shape index (κ1) is 12.9. The van der Waals surface area contributed by atoms with E-state index in [1.165, 1.54) is 19.3 Å². The van der Waals surface area contributed by atoms with Crippen molar-refractivity contribution in [1.29, 1.82) is 0 Å². The zero-order chi connectivity index (χ0) is 13.6. The fourth-order valence-corrected chi connectivity index (χ4v) is 5.17. The minimum atomic E-state index is -0.919. The molecule has 4 bridgehead atoms. The van der Waals surface area contributed by atoms with Crippen LogP contribution in [0.3, 0.4) is 0 Å². The fraction of sp³-hybridized carbons (Fsp3) is 0.857. The Kier molecular flexibility index (Phi) is 3.04. The predicted molar refractivity (Wildman–Crippen MR) is 67.7 cm³/mol. The molecular weight excluding hydrogens is 246 g/mol. The van der Waals surface area contributed by atoms with Gasteiger partial charge < -0.3 is 10.2 Å². The Labute approximate surface area is 112 Å². The van der Waals surface area contributed by atoms with Crippen molar-refractivity contribution in [3.63, 3.8) is 0 Å². The van der Waals surface area contributed by atoms with Crippen LogP contribution >= 0.6 is 0 Å². The molecular formula is C14H21NO4. The van der Waals surface area contributed by atoms with Gasteiger partial charge in [0.25, 0.3) is 0 Å². The van der Waals surface area contributed by atoms with E-state index in [-0.39, 0.29) is 18.6 Å². The molecule has 0 amide bonds. The lowest BCUT2D eigenvalue weighted by Crippen LogP contribution is -2.61. The molecule has 19 heavy (non-hydrogen) atoms. The summed E-state index contributed by atoms with van der Waals surface area (Å²) in [5.74, 6) is 0.234. The number of hydrogen-bond acceptors (Lipinski definition) is 3. The number of aliphatic carboxylic acids is 2. The predicted octanol–water partition coefficient (Wildman–Crippen LogP) is 1.43. The van der Waals surface area contributed by atoms with E-state index >= 15 is 0 Å². The van der Waals surface area contributed by atoms with Crippen LogP contribution in [0.4, 0.5) is 0 Å². The van der Waals surface area contributed by atoms with E-state index < -0.39 is 11.9 Å². The van der Waals surface area contributed by atoms with Gasteiger partial charge in [0.05, 0.1) is 13.1 Å². The smallest absolute Gasteiger partial charge is 0.317 e. The first-order valence-corrected chi connectivity index (χ1v) is 7.15. The Bertz CT molecular complexity index is 355. The molecule has 0 aromatic carbocycles. The van der Waals surface area contributed by atoms with E-state index in [1.807, 2.05) is 0 Å². The highest BCUT2D eigenvalue weighted by molar-refractivity contribution is 5.72. The standard InChI is InChI=1S/C14H21NO4/c16-12(17)7-15(8-13(18)19)14-4-9-1-10(5-14)3-11(2-9)6-14/h9-11H,1-8H2,(H,16,17)(H,18,19). The lowest BCUT2D eigenvalue weighted by Gasteiger charge is -2.60. The first-order chi connectivity index (χ1) is 8.97. The third-order valence-electron chi connectivity index (χ3n) is 5.33. The van der Waals surface area contributed by atoms with E-state index in [4.69, 9.17) is 10.2 Å². The molecule has 0 heterocycles. The van der Waals surface area contributed by atoms with Crippen LogP contribution in [0, 0.1) is 17.8 Å². The number of rotatable bonds is 5. The van der Waals surface area contributed by atoms with Gasteiger partial charge in [-0.1, -0.05) is 0 Å². The molecule has 0 aliphatic heterocycles. The molecule has 106 valence electrons. The first-order valence-electron chi connectivity index (χ1n) is 7.15. The van der Waals surface area contributed by atoms with E-state index in [1.54, 1.807) is 4.90 Å². The molecule has 2 N–H and O–H groups in total. The maximum atomic E-state index is 11.0. The topological polar surface area (TPSA) is 77.8 Å². The molecule has 0 spiro atoms. The lowest BCUT2D eigenvalue weighted by atomic mass is 9.52. The quantitative estimate of drug-likeness (QED) is 0.788. The minimum absolute atomic E-state index is 0.140. The monoisotopic (exact) mass is 267 g/mol. The van der Waals surface area contributed by atoms with Gasteiger partial charge in [0, 0.05) is 5.54 Å². The molecule has 0 aromatic heterocycles. The molecule has 4 fully saturated rings. The minimum Gasteiger partial charge on any atom is -0.480 e. The molecule has 0 radical (unpaired) electrons. The summed E-state index contributed by atoms with van der Waals surface area (Å²) < 4.78 is 0. The summed E-state index contributed by atoms with van der Waals surface area (Å²) in [6, 6.07) is 0. The van der Waals surface area contributed by atoms with Crippen molar-refractivity contribution in [1.82, 2.24) is 4.90 Å². The largest absolute Gasteiger partial charge is 0.480 e. The summed E-state index contributed by atoms with van der Waals surface area (Å²) in [6.07, 6.45) is 6.81. The summed E-state index contributed by atoms with van der Waals surface area (Å²) in [4.78, 5) is 23.8. The van der Waals surface area contributed by atoms with Crippen molar-refractivity contribution in [3.8, 4) is 0 Å². The number of carboxylic acids is 2. The van der Waals surface area contributed by atoms with Gasteiger partial charge in [-0.3, -0.25) is 14.5 Å². The SMILES string of the molecule is O=C(O)CN(CC(=O)O)C12CC3CC(CC(C3)C1)C2. The molecule has 5 heteroatoms. The van der Waals surface area contributed by atoms with Crippen LogP contribution in [0.2, 0.25) is 0 Å². The van der Waals surface area contributed by atoms with Gasteiger partial charge in [-0.05, 0) is 56.3 Å². The molecule has 0 unspecified atom stereocenters. The molecule has 0 aromatic rings. The highest BCUT2D eigenvalue weighted by Gasteiger charge is 2.53. The third-order valence-corrected chi connectivity index (χ3v) is 5.33. The van der Waals surface area contributed by atoms with Crippen LogP contribution in [0.5, 0.6) is 0 Å². The molecule has 4 saturated carbocycles. The van der Waals surface area contributed by atoms with Gasteiger partial charge in [-0.2, -0.15) is 0 Å². The number of nitrogens with zero attached hydrogens (tertiary/aromatic N) is 1. The molecule has 4 aliphatic carbocycles. The summed E-state index contributed by atoms with van der Waals surface area (Å²) in [6.45, 7) is -0.281. The van der Waals surface area contributed by atoms with Crippen molar-refractivity contribution in [2.75, 3.05) is 13.1 Å². The molecule has 0 atom stereocenters. The van der Waals surface area contributed by atoms with Crippen molar-refractivity contribution in [2.24, 2.45) is 17.8 Å². The van der Waals surface area contributed by atoms with Gasteiger partial charge in [0.1, 0.15) is 0 Å². The zero-order valence-electron chi connectivity index (χ0n) is 11.0. The van der Waals surface area contributed by atoms with Crippen LogP contribution in [-0.2, 0) is 9.59 Å². The highest BCUT2D eigenvalue weighted by Crippen LogP contribution is 2.57. The molecule has 5 nitrogen and oxygen atoms in total. The van der Waals surface area contributed by atoms with Crippen LogP contribution in [0.1, 0.15) is 38.5 Å². The van der Waals surface area contributed by atoms with Crippen molar-refractivity contribution in [3.05, 3.63) is 0 Å². The second-order valence-corrected chi connectivity index (χ2v) is 6.79. The molecule has 0 saturated heterocycles. The average molecular weight is 267 g/mol. The Hall–Kier alpha value is -1.10. The Balaban J connectivity index is 1.83. The van der Waals surface area contributed by atoms with E-state index in [0.29, 0.717) is 17.8 Å². The summed E-state index contributed by atoms with van der Waals surface area (Å²) in [5.41, 5.74) is -0.147. The number of carboxylic acid groups (broad SMARTS) is 2.